The lowest BCUT2D eigenvalue weighted by Crippen LogP contribution is -2.18. The van der Waals surface area contributed by atoms with Gasteiger partial charge in [0, 0.05) is 33.8 Å². The van der Waals surface area contributed by atoms with Crippen LogP contribution < -0.4 is 5.43 Å². The van der Waals surface area contributed by atoms with Crippen LogP contribution >= 0.6 is 0 Å². The highest BCUT2D eigenvalue weighted by Gasteiger charge is 2.19. The Morgan fingerprint density at radius 2 is 2.09 bits per heavy atom. The van der Waals surface area contributed by atoms with Gasteiger partial charge in [-0.1, -0.05) is 39.0 Å². The molecule has 3 N–H and O–H groups in total. The average molecular weight is 309 g/mol. The van der Waals surface area contributed by atoms with Gasteiger partial charge in [0.15, 0.2) is 5.69 Å². The minimum atomic E-state index is -0.340. The van der Waals surface area contributed by atoms with E-state index in [1.54, 1.807) is 12.3 Å². The molecular weight excluding hydrogens is 290 g/mol. The molecule has 0 aliphatic heterocycles. The van der Waals surface area contributed by atoms with E-state index >= 15 is 0 Å². The number of aromatic amines is 2. The van der Waals surface area contributed by atoms with Crippen LogP contribution in [-0.4, -0.2) is 27.3 Å². The van der Waals surface area contributed by atoms with Crippen molar-refractivity contribution in [2.45, 2.75) is 26.2 Å². The van der Waals surface area contributed by atoms with Crippen LogP contribution in [0.15, 0.2) is 41.6 Å². The Bertz CT molecular complexity index is 866. The van der Waals surface area contributed by atoms with Crippen molar-refractivity contribution in [3.63, 3.8) is 0 Å². The van der Waals surface area contributed by atoms with Gasteiger partial charge in [-0.25, -0.2) is 5.43 Å². The van der Waals surface area contributed by atoms with E-state index in [1.807, 2.05) is 30.5 Å². The summed E-state index contributed by atoms with van der Waals surface area (Å²) in [6, 6.07) is 9.66. The van der Waals surface area contributed by atoms with Gasteiger partial charge in [-0.2, -0.15) is 10.2 Å². The fraction of sp³-hybridized carbons (Fsp3) is 0.235. The first-order chi connectivity index (χ1) is 10.9. The normalized spacial score (nSPS) is 12.1. The van der Waals surface area contributed by atoms with Gasteiger partial charge in [0.25, 0.3) is 5.91 Å². The second-order valence-electron chi connectivity index (χ2n) is 6.41. The number of hydrogen-bond donors (Lipinski definition) is 3. The Morgan fingerprint density at radius 3 is 2.83 bits per heavy atom. The third kappa shape index (κ3) is 3.15. The van der Waals surface area contributed by atoms with Gasteiger partial charge >= 0.3 is 0 Å². The molecule has 0 saturated carbocycles. The second kappa shape index (κ2) is 5.72. The van der Waals surface area contributed by atoms with Crippen LogP contribution in [0.5, 0.6) is 0 Å². The maximum absolute atomic E-state index is 12.1. The Kier molecular flexibility index (Phi) is 3.73. The second-order valence-corrected chi connectivity index (χ2v) is 6.41. The molecule has 3 aromatic rings. The van der Waals surface area contributed by atoms with E-state index in [9.17, 15) is 4.79 Å². The molecule has 118 valence electrons. The van der Waals surface area contributed by atoms with E-state index in [-0.39, 0.29) is 11.3 Å². The average Bonchev–Trinajstić information content (AvgIpc) is 3.14. The SMILES string of the molecule is CC(C)(C)c1cc(C(=O)N/N=C\c2c[nH]c3ccccc23)n[nH]1. The first-order valence-electron chi connectivity index (χ1n) is 7.40. The Labute approximate surface area is 134 Å². The van der Waals surface area contributed by atoms with Crippen molar-refractivity contribution >= 4 is 23.0 Å². The zero-order valence-electron chi connectivity index (χ0n) is 13.3. The van der Waals surface area contributed by atoms with E-state index in [1.165, 1.54) is 0 Å². The number of nitrogens with one attached hydrogen (secondary N) is 3. The summed E-state index contributed by atoms with van der Waals surface area (Å²) < 4.78 is 0. The Hall–Kier alpha value is -2.89. The summed E-state index contributed by atoms with van der Waals surface area (Å²) in [5, 5.41) is 12.0. The van der Waals surface area contributed by atoms with E-state index < -0.39 is 0 Å². The number of benzene rings is 1. The van der Waals surface area contributed by atoms with E-state index in [4.69, 9.17) is 0 Å². The molecular formula is C17H19N5O. The number of amides is 1. The van der Waals surface area contributed by atoms with Gasteiger partial charge in [-0.05, 0) is 12.1 Å². The van der Waals surface area contributed by atoms with Crippen molar-refractivity contribution in [2.24, 2.45) is 5.10 Å². The minimum absolute atomic E-state index is 0.0845. The molecule has 0 fully saturated rings. The van der Waals surface area contributed by atoms with Crippen LogP contribution in [-0.2, 0) is 5.41 Å². The molecule has 1 aromatic carbocycles. The van der Waals surface area contributed by atoms with Crippen molar-refractivity contribution in [1.29, 1.82) is 0 Å². The maximum atomic E-state index is 12.1. The Morgan fingerprint density at radius 1 is 1.30 bits per heavy atom. The number of H-pyrrole nitrogens is 2. The van der Waals surface area contributed by atoms with Crippen LogP contribution in [0.1, 0.15) is 42.5 Å². The van der Waals surface area contributed by atoms with Crippen LogP contribution in [0, 0.1) is 0 Å². The van der Waals surface area contributed by atoms with Gasteiger partial charge in [0.05, 0.1) is 6.21 Å². The molecule has 0 spiro atoms. The number of para-hydroxylation sites is 1. The van der Waals surface area contributed by atoms with Crippen molar-refractivity contribution in [1.82, 2.24) is 20.6 Å². The molecule has 0 saturated heterocycles. The van der Waals surface area contributed by atoms with E-state index in [0.29, 0.717) is 5.69 Å². The topological polar surface area (TPSA) is 85.9 Å². The quantitative estimate of drug-likeness (QED) is 0.513. The molecule has 2 heterocycles. The number of aromatic nitrogens is 3. The summed E-state index contributed by atoms with van der Waals surface area (Å²) in [5.41, 5.74) is 5.59. The lowest BCUT2D eigenvalue weighted by atomic mass is 9.92. The lowest BCUT2D eigenvalue weighted by Gasteiger charge is -2.14. The van der Waals surface area contributed by atoms with Crippen molar-refractivity contribution in [3.8, 4) is 0 Å². The molecule has 3 rings (SSSR count). The molecule has 1 amide bonds. The standard InChI is InChI=1S/C17H19N5O/c1-17(2,3)15-8-14(20-21-15)16(23)22-19-10-11-9-18-13-7-5-4-6-12(11)13/h4-10,18H,1-3H3,(H,20,21)(H,22,23)/b19-10-. The summed E-state index contributed by atoms with van der Waals surface area (Å²) >= 11 is 0. The molecule has 0 unspecified atom stereocenters. The summed E-state index contributed by atoms with van der Waals surface area (Å²) in [4.78, 5) is 15.2. The molecule has 0 atom stereocenters. The van der Waals surface area contributed by atoms with Crippen LogP contribution in [0.4, 0.5) is 0 Å². The van der Waals surface area contributed by atoms with E-state index in [0.717, 1.165) is 22.2 Å². The predicted molar refractivity (Wildman–Crippen MR) is 90.6 cm³/mol. The number of nitrogens with zero attached hydrogens (tertiary/aromatic N) is 2. The van der Waals surface area contributed by atoms with Gasteiger partial charge in [0.1, 0.15) is 0 Å². The smallest absolute Gasteiger partial charge is 0.291 e. The number of hydrazone groups is 1. The lowest BCUT2D eigenvalue weighted by molar-refractivity contribution is 0.0950. The highest BCUT2D eigenvalue weighted by Crippen LogP contribution is 2.20. The molecule has 0 aliphatic carbocycles. The third-order valence-corrected chi connectivity index (χ3v) is 3.61. The minimum Gasteiger partial charge on any atom is -0.361 e. The summed E-state index contributed by atoms with van der Waals surface area (Å²) in [5.74, 6) is -0.340. The van der Waals surface area contributed by atoms with Crippen LogP contribution in [0.25, 0.3) is 10.9 Å². The van der Waals surface area contributed by atoms with Gasteiger partial charge in [-0.3, -0.25) is 9.89 Å². The van der Waals surface area contributed by atoms with Crippen molar-refractivity contribution < 1.29 is 4.79 Å². The number of carbonyl (C=O) groups is 1. The number of rotatable bonds is 3. The summed E-state index contributed by atoms with van der Waals surface area (Å²) in [7, 11) is 0. The highest BCUT2D eigenvalue weighted by atomic mass is 16.2. The fourth-order valence-electron chi connectivity index (χ4n) is 2.24. The summed E-state index contributed by atoms with van der Waals surface area (Å²) in [6.07, 6.45) is 3.47. The molecule has 0 aliphatic rings. The monoisotopic (exact) mass is 309 g/mol. The Balaban J connectivity index is 1.70. The molecule has 0 bridgehead atoms. The van der Waals surface area contributed by atoms with Crippen LogP contribution in [0.2, 0.25) is 0 Å². The van der Waals surface area contributed by atoms with Gasteiger partial charge < -0.3 is 4.98 Å². The molecule has 6 nitrogen and oxygen atoms in total. The molecule has 2 aromatic heterocycles. The number of carbonyl (C=O) groups excluding carboxylic acids is 1. The van der Waals surface area contributed by atoms with Gasteiger partial charge in [-0.15, -0.1) is 0 Å². The zero-order valence-corrected chi connectivity index (χ0v) is 13.3. The summed E-state index contributed by atoms with van der Waals surface area (Å²) in [6.45, 7) is 6.16. The van der Waals surface area contributed by atoms with Crippen LogP contribution in [0.3, 0.4) is 0 Å². The number of fused-ring (bicyclic) bond motifs is 1. The predicted octanol–water partition coefficient (Wildman–Crippen LogP) is 2.95. The first kappa shape index (κ1) is 15.0. The molecule has 6 heteroatoms. The first-order valence-corrected chi connectivity index (χ1v) is 7.40. The van der Waals surface area contributed by atoms with Crippen molar-refractivity contribution in [2.75, 3.05) is 0 Å². The van der Waals surface area contributed by atoms with Gasteiger partial charge in [0.2, 0.25) is 0 Å². The fourth-order valence-corrected chi connectivity index (χ4v) is 2.24. The van der Waals surface area contributed by atoms with E-state index in [2.05, 4.69) is 46.5 Å². The maximum Gasteiger partial charge on any atom is 0.291 e. The molecule has 0 radical (unpaired) electrons. The highest BCUT2D eigenvalue weighted by molar-refractivity contribution is 5.99. The zero-order chi connectivity index (χ0) is 16.4. The number of hydrogen-bond acceptors (Lipinski definition) is 3. The largest absolute Gasteiger partial charge is 0.361 e. The molecule has 23 heavy (non-hydrogen) atoms. The van der Waals surface area contributed by atoms with Crippen molar-refractivity contribution in [3.05, 3.63) is 53.5 Å². The third-order valence-electron chi connectivity index (χ3n) is 3.61.